The zero-order valence-corrected chi connectivity index (χ0v) is 15.3. The summed E-state index contributed by atoms with van der Waals surface area (Å²) in [4.78, 5) is 41.1. The van der Waals surface area contributed by atoms with Gasteiger partial charge in [-0.1, -0.05) is 37.5 Å². The van der Waals surface area contributed by atoms with Crippen LogP contribution in [0.1, 0.15) is 51.9 Å². The monoisotopic (exact) mass is 344 g/mol. The van der Waals surface area contributed by atoms with E-state index in [-0.39, 0.29) is 30.2 Å². The fraction of sp³-hybridized carbons (Fsp3) is 0.650. The number of carbonyl (C=O) groups is 3. The van der Waals surface area contributed by atoms with E-state index < -0.39 is 5.41 Å². The molecule has 1 atom stereocenters. The van der Waals surface area contributed by atoms with Gasteiger partial charge in [0.2, 0.25) is 5.91 Å². The van der Waals surface area contributed by atoms with Crippen molar-refractivity contribution in [2.24, 2.45) is 11.3 Å². The molecule has 1 saturated heterocycles. The van der Waals surface area contributed by atoms with Gasteiger partial charge in [0.15, 0.2) is 5.78 Å². The van der Waals surface area contributed by atoms with Crippen molar-refractivity contribution in [2.75, 3.05) is 20.1 Å². The Morgan fingerprint density at radius 3 is 2.56 bits per heavy atom. The molecule has 2 aliphatic carbocycles. The molecule has 25 heavy (non-hydrogen) atoms. The van der Waals surface area contributed by atoms with E-state index in [0.29, 0.717) is 12.1 Å². The Balaban J connectivity index is 1.80. The number of rotatable bonds is 4. The van der Waals surface area contributed by atoms with Crippen LogP contribution >= 0.6 is 0 Å². The summed E-state index contributed by atoms with van der Waals surface area (Å²) in [7, 11) is 1.73. The average molecular weight is 344 g/mol. The van der Waals surface area contributed by atoms with Crippen LogP contribution in [-0.4, -0.2) is 47.7 Å². The SMILES string of the molecule is CN1CC(C)(C2CCCCC2)C(=O)N(CC(=O)C2=CCCC=C2)C1=O. The van der Waals surface area contributed by atoms with Crippen LogP contribution in [0, 0.1) is 11.3 Å². The van der Waals surface area contributed by atoms with Crippen molar-refractivity contribution >= 4 is 17.7 Å². The molecule has 5 heteroatoms. The molecule has 0 N–H and O–H groups in total. The van der Waals surface area contributed by atoms with Gasteiger partial charge in [-0.15, -0.1) is 0 Å². The summed E-state index contributed by atoms with van der Waals surface area (Å²) in [6.45, 7) is 2.27. The molecule has 3 rings (SSSR count). The van der Waals surface area contributed by atoms with E-state index in [1.54, 1.807) is 18.0 Å². The van der Waals surface area contributed by atoms with Crippen LogP contribution in [0.3, 0.4) is 0 Å². The quantitative estimate of drug-likeness (QED) is 0.786. The minimum absolute atomic E-state index is 0.152. The third-order valence-electron chi connectivity index (χ3n) is 5.98. The number of ketones is 1. The van der Waals surface area contributed by atoms with E-state index in [1.807, 2.05) is 19.1 Å². The second kappa shape index (κ2) is 7.14. The van der Waals surface area contributed by atoms with E-state index in [1.165, 1.54) is 11.3 Å². The van der Waals surface area contributed by atoms with Gasteiger partial charge in [0, 0.05) is 19.2 Å². The Morgan fingerprint density at radius 2 is 1.92 bits per heavy atom. The van der Waals surface area contributed by atoms with Crippen LogP contribution < -0.4 is 0 Å². The average Bonchev–Trinajstić information content (AvgIpc) is 2.65. The van der Waals surface area contributed by atoms with E-state index in [2.05, 4.69) is 0 Å². The number of hydrogen-bond donors (Lipinski definition) is 0. The zero-order chi connectivity index (χ0) is 18.0. The third-order valence-corrected chi connectivity index (χ3v) is 5.98. The maximum atomic E-state index is 13.2. The summed E-state index contributed by atoms with van der Waals surface area (Å²) in [6, 6.07) is -0.355. The number of Topliss-reactive ketones (excluding diaryl/α,β-unsaturated/α-hetero) is 1. The van der Waals surface area contributed by atoms with Crippen LogP contribution in [0.15, 0.2) is 23.8 Å². The minimum atomic E-state index is -0.583. The van der Waals surface area contributed by atoms with Gasteiger partial charge < -0.3 is 4.90 Å². The number of allylic oxidation sites excluding steroid dienone is 3. The first-order valence-corrected chi connectivity index (χ1v) is 9.40. The molecule has 0 spiro atoms. The second-order valence-corrected chi connectivity index (χ2v) is 7.84. The van der Waals surface area contributed by atoms with Crippen molar-refractivity contribution in [2.45, 2.75) is 51.9 Å². The van der Waals surface area contributed by atoms with Gasteiger partial charge in [-0.05, 0) is 38.5 Å². The van der Waals surface area contributed by atoms with E-state index in [4.69, 9.17) is 0 Å². The minimum Gasteiger partial charge on any atom is -0.326 e. The number of amides is 3. The molecule has 3 amide bonds. The predicted molar refractivity (Wildman–Crippen MR) is 95.9 cm³/mol. The van der Waals surface area contributed by atoms with Gasteiger partial charge in [-0.3, -0.25) is 14.5 Å². The molecule has 2 fully saturated rings. The fourth-order valence-corrected chi connectivity index (χ4v) is 4.47. The van der Waals surface area contributed by atoms with E-state index in [9.17, 15) is 14.4 Å². The van der Waals surface area contributed by atoms with Crippen LogP contribution in [0.2, 0.25) is 0 Å². The molecule has 0 radical (unpaired) electrons. The van der Waals surface area contributed by atoms with Crippen LogP contribution in [-0.2, 0) is 9.59 Å². The summed E-state index contributed by atoms with van der Waals surface area (Å²) in [5.74, 6) is -0.0362. The first kappa shape index (κ1) is 17.9. The fourth-order valence-electron chi connectivity index (χ4n) is 4.47. The number of hydrogen-bond acceptors (Lipinski definition) is 3. The lowest BCUT2D eigenvalue weighted by Crippen LogP contribution is -2.63. The number of imide groups is 1. The molecule has 0 aromatic rings. The highest BCUT2D eigenvalue weighted by Gasteiger charge is 2.51. The standard InChI is InChI=1S/C20H28N2O3/c1-20(16-11-7-4-8-12-16)14-21(2)19(25)22(18(20)24)13-17(23)15-9-5-3-6-10-15/h5,9-10,16H,3-4,6-8,11-14H2,1-2H3. The first-order valence-electron chi connectivity index (χ1n) is 9.40. The molecular formula is C20H28N2O3. The van der Waals surface area contributed by atoms with Crippen molar-refractivity contribution in [3.05, 3.63) is 23.8 Å². The molecule has 0 aromatic heterocycles. The number of nitrogens with zero attached hydrogens (tertiary/aromatic N) is 2. The number of urea groups is 1. The maximum Gasteiger partial charge on any atom is 0.326 e. The highest BCUT2D eigenvalue weighted by atomic mass is 16.2. The molecule has 1 saturated carbocycles. The second-order valence-electron chi connectivity index (χ2n) is 7.84. The van der Waals surface area contributed by atoms with Gasteiger partial charge >= 0.3 is 6.03 Å². The van der Waals surface area contributed by atoms with Gasteiger partial charge in [-0.25, -0.2) is 4.79 Å². The molecule has 5 nitrogen and oxygen atoms in total. The molecule has 136 valence electrons. The molecular weight excluding hydrogens is 316 g/mol. The molecule has 1 unspecified atom stereocenters. The smallest absolute Gasteiger partial charge is 0.326 e. The molecule has 1 aliphatic heterocycles. The van der Waals surface area contributed by atoms with Crippen molar-refractivity contribution in [3.63, 3.8) is 0 Å². The summed E-state index contributed by atoms with van der Waals surface area (Å²) in [6.07, 6.45) is 13.0. The van der Waals surface area contributed by atoms with Crippen LogP contribution in [0.5, 0.6) is 0 Å². The Hall–Kier alpha value is -1.91. The highest BCUT2D eigenvalue weighted by molar-refractivity contribution is 6.07. The van der Waals surface area contributed by atoms with Gasteiger partial charge in [0.1, 0.15) is 0 Å². The molecule has 1 heterocycles. The lowest BCUT2D eigenvalue weighted by Gasteiger charge is -2.47. The van der Waals surface area contributed by atoms with Crippen molar-refractivity contribution in [3.8, 4) is 0 Å². The predicted octanol–water partition coefficient (Wildman–Crippen LogP) is 3.31. The summed E-state index contributed by atoms with van der Waals surface area (Å²) < 4.78 is 0. The lowest BCUT2D eigenvalue weighted by molar-refractivity contribution is -0.149. The normalized spacial score (nSPS) is 28.3. The van der Waals surface area contributed by atoms with Crippen molar-refractivity contribution in [1.29, 1.82) is 0 Å². The van der Waals surface area contributed by atoms with Crippen molar-refractivity contribution < 1.29 is 14.4 Å². The Bertz CT molecular complexity index is 631. The summed E-state index contributed by atoms with van der Waals surface area (Å²) in [5, 5.41) is 0. The third kappa shape index (κ3) is 3.42. The van der Waals surface area contributed by atoms with Gasteiger partial charge in [0.05, 0.1) is 12.0 Å². The molecule has 0 bridgehead atoms. The largest absolute Gasteiger partial charge is 0.326 e. The van der Waals surface area contributed by atoms with Crippen molar-refractivity contribution in [1.82, 2.24) is 9.80 Å². The van der Waals surface area contributed by atoms with E-state index in [0.717, 1.165) is 38.5 Å². The highest BCUT2D eigenvalue weighted by Crippen LogP contribution is 2.42. The molecule has 0 aromatic carbocycles. The Labute approximate surface area is 149 Å². The Kier molecular flexibility index (Phi) is 5.11. The summed E-state index contributed by atoms with van der Waals surface area (Å²) in [5.41, 5.74) is 0.0274. The Morgan fingerprint density at radius 1 is 1.20 bits per heavy atom. The van der Waals surface area contributed by atoms with Gasteiger partial charge in [0.25, 0.3) is 0 Å². The zero-order valence-electron chi connectivity index (χ0n) is 15.3. The first-order chi connectivity index (χ1) is 11.9. The maximum absolute atomic E-state index is 13.2. The lowest BCUT2D eigenvalue weighted by atomic mass is 9.68. The van der Waals surface area contributed by atoms with Gasteiger partial charge in [-0.2, -0.15) is 0 Å². The van der Waals surface area contributed by atoms with Crippen LogP contribution in [0.4, 0.5) is 4.79 Å². The van der Waals surface area contributed by atoms with Crippen LogP contribution in [0.25, 0.3) is 0 Å². The summed E-state index contributed by atoms with van der Waals surface area (Å²) >= 11 is 0. The van der Waals surface area contributed by atoms with E-state index >= 15 is 0 Å². The topological polar surface area (TPSA) is 57.7 Å². The number of carbonyl (C=O) groups excluding carboxylic acids is 3. The molecule has 3 aliphatic rings.